The van der Waals surface area contributed by atoms with Crippen LogP contribution in [0.15, 0.2) is 18.2 Å². The van der Waals surface area contributed by atoms with Crippen molar-refractivity contribution in [1.82, 2.24) is 0 Å². The molecular weight excluding hydrogens is 202 g/mol. The SMILES string of the molecule is CCc1cccc(C)c1NC(C)CC(=O)O. The summed E-state index contributed by atoms with van der Waals surface area (Å²) >= 11 is 0. The predicted molar refractivity (Wildman–Crippen MR) is 65.9 cm³/mol. The summed E-state index contributed by atoms with van der Waals surface area (Å²) in [6.45, 7) is 6.02. The summed E-state index contributed by atoms with van der Waals surface area (Å²) in [6, 6.07) is 6.09. The summed E-state index contributed by atoms with van der Waals surface area (Å²) in [4.78, 5) is 10.6. The fraction of sp³-hybridized carbons (Fsp3) is 0.462. The van der Waals surface area contributed by atoms with Crippen LogP contribution in [0.2, 0.25) is 0 Å². The third kappa shape index (κ3) is 3.26. The zero-order valence-electron chi connectivity index (χ0n) is 10.1. The van der Waals surface area contributed by atoms with E-state index in [0.29, 0.717) is 0 Å². The van der Waals surface area contributed by atoms with Gasteiger partial charge in [-0.2, -0.15) is 0 Å². The minimum atomic E-state index is -0.772. The number of para-hydroxylation sites is 1. The highest BCUT2D eigenvalue weighted by molar-refractivity contribution is 5.68. The van der Waals surface area contributed by atoms with Gasteiger partial charge < -0.3 is 10.4 Å². The van der Waals surface area contributed by atoms with E-state index < -0.39 is 5.97 Å². The number of aliphatic carboxylic acids is 1. The van der Waals surface area contributed by atoms with Gasteiger partial charge in [-0.05, 0) is 31.4 Å². The first-order valence-electron chi connectivity index (χ1n) is 5.61. The standard InChI is InChI=1S/C13H19NO2/c1-4-11-7-5-6-9(2)13(11)14-10(3)8-12(15)16/h5-7,10,14H,4,8H2,1-3H3,(H,15,16). The number of aryl methyl sites for hydroxylation is 2. The van der Waals surface area contributed by atoms with Gasteiger partial charge in [0, 0.05) is 11.7 Å². The maximum absolute atomic E-state index is 10.6. The maximum atomic E-state index is 10.6. The molecule has 16 heavy (non-hydrogen) atoms. The fourth-order valence-corrected chi connectivity index (χ4v) is 1.79. The van der Waals surface area contributed by atoms with Crippen molar-refractivity contribution in [3.8, 4) is 0 Å². The second-order valence-corrected chi connectivity index (χ2v) is 4.11. The summed E-state index contributed by atoms with van der Waals surface area (Å²) < 4.78 is 0. The number of hydrogen-bond donors (Lipinski definition) is 2. The molecule has 0 bridgehead atoms. The molecule has 0 heterocycles. The molecule has 88 valence electrons. The monoisotopic (exact) mass is 221 g/mol. The van der Waals surface area contributed by atoms with Crippen molar-refractivity contribution in [2.75, 3.05) is 5.32 Å². The van der Waals surface area contributed by atoms with Crippen LogP contribution >= 0.6 is 0 Å². The molecule has 0 aliphatic carbocycles. The van der Waals surface area contributed by atoms with Crippen LogP contribution < -0.4 is 5.32 Å². The fourth-order valence-electron chi connectivity index (χ4n) is 1.79. The molecule has 0 spiro atoms. The maximum Gasteiger partial charge on any atom is 0.305 e. The van der Waals surface area contributed by atoms with E-state index in [2.05, 4.69) is 18.3 Å². The molecule has 0 amide bonds. The molecule has 1 atom stereocenters. The Balaban J connectivity index is 2.83. The van der Waals surface area contributed by atoms with Crippen molar-refractivity contribution < 1.29 is 9.90 Å². The van der Waals surface area contributed by atoms with E-state index in [1.54, 1.807) is 0 Å². The van der Waals surface area contributed by atoms with Gasteiger partial charge in [-0.1, -0.05) is 25.1 Å². The first kappa shape index (κ1) is 12.6. The highest BCUT2D eigenvalue weighted by Crippen LogP contribution is 2.22. The molecule has 1 aromatic rings. The Bertz CT molecular complexity index is 374. The minimum absolute atomic E-state index is 0.0519. The molecule has 0 radical (unpaired) electrons. The van der Waals surface area contributed by atoms with Gasteiger partial charge in [0.25, 0.3) is 0 Å². The van der Waals surface area contributed by atoms with Crippen LogP contribution in [0.1, 0.15) is 31.4 Å². The second kappa shape index (κ2) is 5.54. The van der Waals surface area contributed by atoms with E-state index in [0.717, 1.165) is 17.7 Å². The molecule has 0 aliphatic rings. The predicted octanol–water partition coefficient (Wildman–Crippen LogP) is 2.83. The molecule has 3 heteroatoms. The number of hydrogen-bond acceptors (Lipinski definition) is 2. The van der Waals surface area contributed by atoms with Crippen LogP contribution in [-0.2, 0) is 11.2 Å². The third-order valence-electron chi connectivity index (χ3n) is 2.61. The highest BCUT2D eigenvalue weighted by atomic mass is 16.4. The first-order valence-corrected chi connectivity index (χ1v) is 5.61. The summed E-state index contributed by atoms with van der Waals surface area (Å²) in [5, 5.41) is 12.0. The summed E-state index contributed by atoms with van der Waals surface area (Å²) in [5.74, 6) is -0.772. The Morgan fingerprint density at radius 3 is 2.75 bits per heavy atom. The van der Waals surface area contributed by atoms with Crippen LogP contribution in [0.4, 0.5) is 5.69 Å². The Morgan fingerprint density at radius 2 is 2.19 bits per heavy atom. The highest BCUT2D eigenvalue weighted by Gasteiger charge is 2.10. The number of benzene rings is 1. The van der Waals surface area contributed by atoms with Gasteiger partial charge in [-0.15, -0.1) is 0 Å². The normalized spacial score (nSPS) is 12.2. The Hall–Kier alpha value is -1.51. The minimum Gasteiger partial charge on any atom is -0.481 e. The number of nitrogens with one attached hydrogen (secondary N) is 1. The van der Waals surface area contributed by atoms with Gasteiger partial charge in [-0.25, -0.2) is 0 Å². The van der Waals surface area contributed by atoms with Crippen molar-refractivity contribution in [2.45, 2.75) is 39.7 Å². The summed E-state index contributed by atoms with van der Waals surface area (Å²) in [7, 11) is 0. The Kier molecular flexibility index (Phi) is 4.35. The third-order valence-corrected chi connectivity index (χ3v) is 2.61. The van der Waals surface area contributed by atoms with E-state index in [-0.39, 0.29) is 12.5 Å². The Morgan fingerprint density at radius 1 is 1.50 bits per heavy atom. The van der Waals surface area contributed by atoms with Crippen LogP contribution in [-0.4, -0.2) is 17.1 Å². The topological polar surface area (TPSA) is 49.3 Å². The van der Waals surface area contributed by atoms with Gasteiger partial charge in [0.1, 0.15) is 0 Å². The summed E-state index contributed by atoms with van der Waals surface area (Å²) in [6.07, 6.45) is 1.08. The van der Waals surface area contributed by atoms with Crippen LogP contribution in [0.5, 0.6) is 0 Å². The van der Waals surface area contributed by atoms with E-state index in [9.17, 15) is 4.79 Å². The number of carboxylic acids is 1. The molecule has 0 aromatic heterocycles. The summed E-state index contributed by atoms with van der Waals surface area (Å²) in [5.41, 5.74) is 3.48. The average Bonchev–Trinajstić information content (AvgIpc) is 2.20. The molecule has 3 nitrogen and oxygen atoms in total. The first-order chi connectivity index (χ1) is 7.54. The molecule has 1 aromatic carbocycles. The molecular formula is C13H19NO2. The average molecular weight is 221 g/mol. The molecule has 1 unspecified atom stereocenters. The van der Waals surface area contributed by atoms with Gasteiger partial charge in [-0.3, -0.25) is 4.79 Å². The van der Waals surface area contributed by atoms with Gasteiger partial charge >= 0.3 is 5.97 Å². The van der Waals surface area contributed by atoms with Gasteiger partial charge in [0.05, 0.1) is 6.42 Å². The number of anilines is 1. The van der Waals surface area contributed by atoms with Crippen molar-refractivity contribution in [3.05, 3.63) is 29.3 Å². The molecule has 0 aliphatic heterocycles. The number of rotatable bonds is 5. The lowest BCUT2D eigenvalue weighted by molar-refractivity contribution is -0.137. The van der Waals surface area contributed by atoms with E-state index >= 15 is 0 Å². The van der Waals surface area contributed by atoms with E-state index in [4.69, 9.17) is 5.11 Å². The van der Waals surface area contributed by atoms with Crippen molar-refractivity contribution in [2.24, 2.45) is 0 Å². The zero-order chi connectivity index (χ0) is 12.1. The quantitative estimate of drug-likeness (QED) is 0.803. The lowest BCUT2D eigenvalue weighted by Gasteiger charge is -2.18. The van der Waals surface area contributed by atoms with E-state index in [1.165, 1.54) is 5.56 Å². The smallest absolute Gasteiger partial charge is 0.305 e. The molecule has 0 saturated carbocycles. The zero-order valence-corrected chi connectivity index (χ0v) is 10.1. The lowest BCUT2D eigenvalue weighted by atomic mass is 10.0. The van der Waals surface area contributed by atoms with Crippen LogP contribution in [0.25, 0.3) is 0 Å². The van der Waals surface area contributed by atoms with Crippen molar-refractivity contribution in [3.63, 3.8) is 0 Å². The molecule has 2 N–H and O–H groups in total. The molecule has 0 fully saturated rings. The number of carboxylic acid groups (broad SMARTS) is 1. The second-order valence-electron chi connectivity index (χ2n) is 4.11. The largest absolute Gasteiger partial charge is 0.481 e. The van der Waals surface area contributed by atoms with E-state index in [1.807, 2.05) is 26.0 Å². The Labute approximate surface area is 96.5 Å². The molecule has 0 saturated heterocycles. The van der Waals surface area contributed by atoms with Crippen molar-refractivity contribution >= 4 is 11.7 Å². The number of carbonyl (C=O) groups is 1. The van der Waals surface area contributed by atoms with Gasteiger partial charge in [0.15, 0.2) is 0 Å². The van der Waals surface area contributed by atoms with Gasteiger partial charge in [0.2, 0.25) is 0 Å². The van der Waals surface area contributed by atoms with Crippen LogP contribution in [0.3, 0.4) is 0 Å². The van der Waals surface area contributed by atoms with Crippen molar-refractivity contribution in [1.29, 1.82) is 0 Å². The van der Waals surface area contributed by atoms with Crippen LogP contribution in [0, 0.1) is 6.92 Å². The lowest BCUT2D eigenvalue weighted by Crippen LogP contribution is -2.20. The molecule has 1 rings (SSSR count).